The summed E-state index contributed by atoms with van der Waals surface area (Å²) in [5.41, 5.74) is -2.55. The second-order valence-corrected chi connectivity index (χ2v) is 4.55. The first-order chi connectivity index (χ1) is 8.28. The summed E-state index contributed by atoms with van der Waals surface area (Å²) in [6, 6.07) is 0. The fourth-order valence-electron chi connectivity index (χ4n) is 1.98. The molecule has 1 fully saturated rings. The van der Waals surface area contributed by atoms with E-state index in [1.54, 1.807) is 0 Å². The first-order valence-corrected chi connectivity index (χ1v) is 5.87. The Hall–Kier alpha value is -0.820. The predicted molar refractivity (Wildman–Crippen MR) is 57.9 cm³/mol. The van der Waals surface area contributed by atoms with Crippen LogP contribution in [0.2, 0.25) is 0 Å². The van der Waals surface area contributed by atoms with Gasteiger partial charge >= 0.3 is 12.1 Å². The third-order valence-corrected chi connectivity index (χ3v) is 3.29. The quantitative estimate of drug-likeness (QED) is 0.782. The van der Waals surface area contributed by atoms with Crippen LogP contribution in [-0.2, 0) is 9.53 Å². The lowest BCUT2D eigenvalue weighted by molar-refractivity contribution is -0.272. The molecule has 0 aliphatic carbocycles. The summed E-state index contributed by atoms with van der Waals surface area (Å²) in [6.45, 7) is 0.928. The van der Waals surface area contributed by atoms with Crippen LogP contribution in [0.4, 0.5) is 13.2 Å². The normalized spacial score (nSPS) is 20.7. The topological polar surface area (TPSA) is 49.8 Å². The minimum Gasteiger partial charge on any atom is -0.469 e. The summed E-state index contributed by atoms with van der Waals surface area (Å²) in [6.07, 6.45) is -4.37. The van der Waals surface area contributed by atoms with Gasteiger partial charge in [-0.3, -0.25) is 4.79 Å². The molecule has 18 heavy (non-hydrogen) atoms. The smallest absolute Gasteiger partial charge is 0.417 e. The van der Waals surface area contributed by atoms with Gasteiger partial charge in [-0.05, 0) is 25.8 Å². The molecule has 0 aromatic carbocycles. The Bertz CT molecular complexity index is 286. The highest BCUT2D eigenvalue weighted by Crippen LogP contribution is 2.38. The van der Waals surface area contributed by atoms with Gasteiger partial charge in [-0.2, -0.15) is 13.2 Å². The van der Waals surface area contributed by atoms with Gasteiger partial charge in [0.25, 0.3) is 0 Å². The maximum absolute atomic E-state index is 12.5. The maximum Gasteiger partial charge on any atom is 0.417 e. The molecule has 0 amide bonds. The van der Waals surface area contributed by atoms with Crippen molar-refractivity contribution in [1.82, 2.24) is 4.90 Å². The number of carbonyl (C=O) groups excluding carboxylic acids is 1. The summed E-state index contributed by atoms with van der Waals surface area (Å²) in [4.78, 5) is 12.7. The van der Waals surface area contributed by atoms with Crippen molar-refractivity contribution in [3.8, 4) is 0 Å². The van der Waals surface area contributed by atoms with Crippen LogP contribution in [0.5, 0.6) is 0 Å². The Kier molecular flexibility index (Phi) is 4.98. The van der Waals surface area contributed by atoms with E-state index in [1.165, 1.54) is 7.11 Å². The molecule has 1 rings (SSSR count). The summed E-state index contributed by atoms with van der Waals surface area (Å²) < 4.78 is 42.1. The van der Waals surface area contributed by atoms with Crippen LogP contribution in [0.25, 0.3) is 0 Å². The Balaban J connectivity index is 2.30. The number of hydrogen-bond acceptors (Lipinski definition) is 4. The molecular weight excluding hydrogens is 251 g/mol. The van der Waals surface area contributed by atoms with Crippen LogP contribution in [0.15, 0.2) is 0 Å². The third-order valence-electron chi connectivity index (χ3n) is 3.29. The van der Waals surface area contributed by atoms with E-state index < -0.39 is 11.8 Å². The number of hydrogen-bond donors (Lipinski definition) is 1. The van der Waals surface area contributed by atoms with Crippen LogP contribution in [-0.4, -0.2) is 54.5 Å². The van der Waals surface area contributed by atoms with E-state index in [0.29, 0.717) is 13.0 Å². The zero-order valence-corrected chi connectivity index (χ0v) is 10.3. The van der Waals surface area contributed by atoms with E-state index in [4.69, 9.17) is 0 Å². The minimum atomic E-state index is -4.56. The van der Waals surface area contributed by atoms with Gasteiger partial charge < -0.3 is 14.7 Å². The van der Waals surface area contributed by atoms with Crippen molar-refractivity contribution in [3.63, 3.8) is 0 Å². The number of likely N-dealkylation sites (tertiary alicyclic amines) is 1. The first-order valence-electron chi connectivity index (χ1n) is 5.87. The van der Waals surface area contributed by atoms with E-state index in [-0.39, 0.29) is 38.3 Å². The first kappa shape index (κ1) is 15.2. The molecule has 1 heterocycles. The number of alkyl halides is 3. The van der Waals surface area contributed by atoms with E-state index >= 15 is 0 Å². The van der Waals surface area contributed by atoms with Gasteiger partial charge in [-0.25, -0.2) is 0 Å². The predicted octanol–water partition coefficient (Wildman–Crippen LogP) is 1.33. The molecule has 1 aliphatic heterocycles. The number of nitrogens with zero attached hydrogens (tertiary/aromatic N) is 1. The molecule has 0 spiro atoms. The van der Waals surface area contributed by atoms with Crippen molar-refractivity contribution < 1.29 is 27.8 Å². The van der Waals surface area contributed by atoms with Gasteiger partial charge in [0.1, 0.15) is 0 Å². The van der Waals surface area contributed by atoms with E-state index in [2.05, 4.69) is 4.74 Å². The van der Waals surface area contributed by atoms with Gasteiger partial charge in [0, 0.05) is 19.5 Å². The third kappa shape index (κ3) is 3.84. The van der Waals surface area contributed by atoms with Crippen LogP contribution < -0.4 is 0 Å². The number of aliphatic hydroxyl groups is 1. The SMILES string of the molecule is COC(=O)CCCN1CCC(O)(C(F)(F)F)CC1. The zero-order chi connectivity index (χ0) is 13.8. The molecule has 0 aromatic rings. The molecule has 0 radical (unpaired) electrons. The molecule has 4 nitrogen and oxygen atoms in total. The second-order valence-electron chi connectivity index (χ2n) is 4.55. The van der Waals surface area contributed by atoms with Crippen LogP contribution in [0.1, 0.15) is 25.7 Å². The number of ether oxygens (including phenoxy) is 1. The zero-order valence-electron chi connectivity index (χ0n) is 10.3. The van der Waals surface area contributed by atoms with Crippen molar-refractivity contribution >= 4 is 5.97 Å². The molecular formula is C11H18F3NO3. The monoisotopic (exact) mass is 269 g/mol. The fourth-order valence-corrected chi connectivity index (χ4v) is 1.98. The van der Waals surface area contributed by atoms with E-state index in [9.17, 15) is 23.1 Å². The number of carbonyl (C=O) groups is 1. The van der Waals surface area contributed by atoms with Crippen LogP contribution >= 0.6 is 0 Å². The van der Waals surface area contributed by atoms with E-state index in [0.717, 1.165) is 0 Å². The largest absolute Gasteiger partial charge is 0.469 e. The minimum absolute atomic E-state index is 0.192. The van der Waals surface area contributed by atoms with Gasteiger partial charge in [0.15, 0.2) is 5.60 Å². The van der Waals surface area contributed by atoms with Gasteiger partial charge in [0.2, 0.25) is 0 Å². The number of halogens is 3. The highest BCUT2D eigenvalue weighted by molar-refractivity contribution is 5.69. The number of methoxy groups -OCH3 is 1. The Morgan fingerprint density at radius 1 is 1.39 bits per heavy atom. The van der Waals surface area contributed by atoms with Crippen molar-refractivity contribution in [3.05, 3.63) is 0 Å². The average Bonchev–Trinajstić information content (AvgIpc) is 2.30. The molecule has 1 N–H and O–H groups in total. The lowest BCUT2D eigenvalue weighted by Gasteiger charge is -2.39. The Morgan fingerprint density at radius 2 is 1.94 bits per heavy atom. The Labute approximate surface area is 104 Å². The molecule has 0 unspecified atom stereocenters. The maximum atomic E-state index is 12.5. The fraction of sp³-hybridized carbons (Fsp3) is 0.909. The molecule has 0 aromatic heterocycles. The molecule has 1 aliphatic rings. The van der Waals surface area contributed by atoms with Gasteiger partial charge in [0.05, 0.1) is 7.11 Å². The van der Waals surface area contributed by atoms with Crippen molar-refractivity contribution in [1.29, 1.82) is 0 Å². The van der Waals surface area contributed by atoms with Crippen molar-refractivity contribution in [2.75, 3.05) is 26.7 Å². The van der Waals surface area contributed by atoms with Gasteiger partial charge in [-0.1, -0.05) is 0 Å². The molecule has 0 saturated carbocycles. The summed E-state index contributed by atoms with van der Waals surface area (Å²) in [5, 5.41) is 9.45. The number of rotatable bonds is 4. The standard InChI is InChI=1S/C11H18F3NO3/c1-18-9(16)3-2-6-15-7-4-10(17,5-8-15)11(12,13)14/h17H,2-8H2,1H3. The van der Waals surface area contributed by atoms with Crippen LogP contribution in [0.3, 0.4) is 0 Å². The number of piperidine rings is 1. The summed E-state index contributed by atoms with van der Waals surface area (Å²) in [7, 11) is 1.30. The highest BCUT2D eigenvalue weighted by atomic mass is 19.4. The molecule has 0 atom stereocenters. The second kappa shape index (κ2) is 5.88. The van der Waals surface area contributed by atoms with Crippen molar-refractivity contribution in [2.24, 2.45) is 0 Å². The highest BCUT2D eigenvalue weighted by Gasteiger charge is 2.54. The molecule has 7 heteroatoms. The molecule has 106 valence electrons. The van der Waals surface area contributed by atoms with Crippen LogP contribution in [0, 0.1) is 0 Å². The average molecular weight is 269 g/mol. The van der Waals surface area contributed by atoms with Gasteiger partial charge in [-0.15, -0.1) is 0 Å². The lowest BCUT2D eigenvalue weighted by Crippen LogP contribution is -2.53. The van der Waals surface area contributed by atoms with E-state index in [1.807, 2.05) is 4.90 Å². The molecule has 1 saturated heterocycles. The summed E-state index contributed by atoms with van der Waals surface area (Å²) >= 11 is 0. The summed E-state index contributed by atoms with van der Waals surface area (Å²) in [5.74, 6) is -0.321. The lowest BCUT2D eigenvalue weighted by atomic mass is 9.91. The van der Waals surface area contributed by atoms with Crippen molar-refractivity contribution in [2.45, 2.75) is 37.5 Å². The molecule has 0 bridgehead atoms. The Morgan fingerprint density at radius 3 is 2.39 bits per heavy atom. The number of esters is 1.